The van der Waals surface area contributed by atoms with Crippen molar-refractivity contribution in [1.82, 2.24) is 20.0 Å². The maximum Gasteiger partial charge on any atom is 0.272 e. The summed E-state index contributed by atoms with van der Waals surface area (Å²) < 4.78 is 12.4. The minimum Gasteiger partial charge on any atom is -0.497 e. The number of hydrogen-bond donors (Lipinski definition) is 1. The van der Waals surface area contributed by atoms with Gasteiger partial charge in [0.25, 0.3) is 11.8 Å². The highest BCUT2D eigenvalue weighted by Crippen LogP contribution is 2.19. The summed E-state index contributed by atoms with van der Waals surface area (Å²) in [5.41, 5.74) is 1.63. The molecular weight excluding hydrogens is 396 g/mol. The highest BCUT2D eigenvalue weighted by molar-refractivity contribution is 5.98. The van der Waals surface area contributed by atoms with Crippen LogP contribution in [0.4, 0.5) is 0 Å². The van der Waals surface area contributed by atoms with Gasteiger partial charge in [-0.1, -0.05) is 30.3 Å². The zero-order valence-electron chi connectivity index (χ0n) is 17.3. The number of fused-ring (bicyclic) bond motifs is 1. The highest BCUT2D eigenvalue weighted by Gasteiger charge is 2.28. The summed E-state index contributed by atoms with van der Waals surface area (Å²) in [7, 11) is 1.62. The third-order valence-corrected chi connectivity index (χ3v) is 5.01. The Bertz CT molecular complexity index is 1060. The van der Waals surface area contributed by atoms with E-state index in [1.165, 1.54) is 0 Å². The number of carbonyl (C=O) groups excluding carboxylic acids is 2. The first-order valence-corrected chi connectivity index (χ1v) is 10.1. The van der Waals surface area contributed by atoms with Crippen LogP contribution < -0.4 is 14.8 Å². The zero-order valence-corrected chi connectivity index (χ0v) is 17.3. The first-order chi connectivity index (χ1) is 15.1. The highest BCUT2D eigenvalue weighted by atomic mass is 16.5. The summed E-state index contributed by atoms with van der Waals surface area (Å²) in [6.07, 6.45) is 0. The molecule has 0 spiro atoms. The van der Waals surface area contributed by atoms with E-state index in [-0.39, 0.29) is 17.5 Å². The maximum atomic E-state index is 12.9. The quantitative estimate of drug-likeness (QED) is 0.566. The van der Waals surface area contributed by atoms with Gasteiger partial charge in [-0.2, -0.15) is 5.10 Å². The summed E-state index contributed by atoms with van der Waals surface area (Å²) in [6.45, 7) is 2.22. The Hall–Kier alpha value is -3.81. The third-order valence-electron chi connectivity index (χ3n) is 5.01. The largest absolute Gasteiger partial charge is 0.497 e. The molecule has 1 aromatic heterocycles. The minimum absolute atomic E-state index is 0.145. The Labute approximate surface area is 180 Å². The van der Waals surface area contributed by atoms with E-state index in [4.69, 9.17) is 9.47 Å². The molecule has 2 aromatic carbocycles. The molecule has 0 atom stereocenters. The summed E-state index contributed by atoms with van der Waals surface area (Å²) >= 11 is 0. The molecule has 8 heteroatoms. The molecule has 0 saturated heterocycles. The van der Waals surface area contributed by atoms with Gasteiger partial charge in [0, 0.05) is 19.2 Å². The molecule has 2 heterocycles. The van der Waals surface area contributed by atoms with Crippen molar-refractivity contribution in [3.8, 4) is 11.5 Å². The van der Waals surface area contributed by atoms with Gasteiger partial charge in [0.2, 0.25) is 0 Å². The fourth-order valence-corrected chi connectivity index (χ4v) is 3.43. The van der Waals surface area contributed by atoms with Gasteiger partial charge in [-0.3, -0.25) is 14.3 Å². The van der Waals surface area contributed by atoms with Crippen LogP contribution in [-0.4, -0.2) is 53.3 Å². The molecule has 3 aromatic rings. The van der Waals surface area contributed by atoms with Gasteiger partial charge in [0.05, 0.1) is 20.2 Å². The van der Waals surface area contributed by atoms with Gasteiger partial charge in [0.1, 0.15) is 23.8 Å². The molecule has 2 amide bonds. The molecule has 0 saturated carbocycles. The molecule has 0 fully saturated rings. The molecule has 4 rings (SSSR count). The predicted octanol–water partition coefficient (Wildman–Crippen LogP) is 2.36. The fourth-order valence-electron chi connectivity index (χ4n) is 3.43. The summed E-state index contributed by atoms with van der Waals surface area (Å²) in [6, 6.07) is 18.6. The Balaban J connectivity index is 1.34. The van der Waals surface area contributed by atoms with E-state index in [1.807, 2.05) is 54.6 Å². The van der Waals surface area contributed by atoms with Crippen LogP contribution in [0, 0.1) is 0 Å². The fraction of sp³-hybridized carbons (Fsp3) is 0.261. The van der Waals surface area contributed by atoms with Crippen molar-refractivity contribution in [3.05, 3.63) is 77.6 Å². The van der Waals surface area contributed by atoms with Crippen molar-refractivity contribution in [1.29, 1.82) is 0 Å². The summed E-state index contributed by atoms with van der Waals surface area (Å²) in [5, 5.41) is 7.08. The zero-order chi connectivity index (χ0) is 21.6. The number of methoxy groups -OCH3 is 1. The summed E-state index contributed by atoms with van der Waals surface area (Å²) in [5.74, 6) is 1.02. The van der Waals surface area contributed by atoms with E-state index in [0.717, 1.165) is 17.1 Å². The lowest BCUT2D eigenvalue weighted by atomic mass is 10.1. The average molecular weight is 420 g/mol. The maximum absolute atomic E-state index is 12.9. The van der Waals surface area contributed by atoms with Crippen molar-refractivity contribution in [3.63, 3.8) is 0 Å². The summed E-state index contributed by atoms with van der Waals surface area (Å²) in [4.78, 5) is 27.1. The van der Waals surface area contributed by atoms with Crippen molar-refractivity contribution in [2.75, 3.05) is 26.8 Å². The average Bonchev–Trinajstić information content (AvgIpc) is 3.25. The molecule has 1 N–H and O–H groups in total. The number of rotatable bonds is 8. The normalized spacial score (nSPS) is 12.9. The second-order valence-electron chi connectivity index (χ2n) is 7.13. The standard InChI is InChI=1S/C23H24N4O4/c1-30-19-9-5-6-17(14-19)16-26-11-12-27-21(23(26)29)15-20(25-27)22(28)24-10-13-31-18-7-3-2-4-8-18/h2-9,14-15H,10-13,16H2,1H3,(H,24,28). The predicted molar refractivity (Wildman–Crippen MR) is 114 cm³/mol. The van der Waals surface area contributed by atoms with Gasteiger partial charge in [-0.25, -0.2) is 0 Å². The number of hydrogen-bond acceptors (Lipinski definition) is 5. The Morgan fingerprint density at radius 3 is 2.68 bits per heavy atom. The lowest BCUT2D eigenvalue weighted by Crippen LogP contribution is -2.39. The molecule has 0 radical (unpaired) electrons. The van der Waals surface area contributed by atoms with Crippen LogP contribution in [0.15, 0.2) is 60.7 Å². The van der Waals surface area contributed by atoms with Crippen LogP contribution in [0.2, 0.25) is 0 Å². The molecule has 1 aliphatic heterocycles. The van der Waals surface area contributed by atoms with E-state index >= 15 is 0 Å². The number of amides is 2. The first kappa shape index (κ1) is 20.5. The topological polar surface area (TPSA) is 85.7 Å². The van der Waals surface area contributed by atoms with Crippen LogP contribution in [0.5, 0.6) is 11.5 Å². The molecule has 31 heavy (non-hydrogen) atoms. The first-order valence-electron chi connectivity index (χ1n) is 10.1. The number of para-hydroxylation sites is 1. The van der Waals surface area contributed by atoms with Gasteiger partial charge in [-0.05, 0) is 29.8 Å². The van der Waals surface area contributed by atoms with E-state index in [0.29, 0.717) is 38.5 Å². The van der Waals surface area contributed by atoms with Gasteiger partial charge >= 0.3 is 0 Å². The Morgan fingerprint density at radius 2 is 1.87 bits per heavy atom. The van der Waals surface area contributed by atoms with Crippen LogP contribution in [0.3, 0.4) is 0 Å². The van der Waals surface area contributed by atoms with E-state index in [1.54, 1.807) is 22.8 Å². The molecule has 0 bridgehead atoms. The van der Waals surface area contributed by atoms with Crippen molar-refractivity contribution < 1.29 is 19.1 Å². The second kappa shape index (κ2) is 9.34. The van der Waals surface area contributed by atoms with Crippen molar-refractivity contribution in [2.24, 2.45) is 0 Å². The Kier molecular flexibility index (Phi) is 6.16. The van der Waals surface area contributed by atoms with Crippen LogP contribution in [0.25, 0.3) is 0 Å². The molecule has 0 aliphatic carbocycles. The number of carbonyl (C=O) groups is 2. The molecular formula is C23H24N4O4. The molecule has 0 unspecified atom stereocenters. The lowest BCUT2D eigenvalue weighted by molar-refractivity contribution is 0.0683. The monoisotopic (exact) mass is 420 g/mol. The molecule has 8 nitrogen and oxygen atoms in total. The minimum atomic E-state index is -0.328. The lowest BCUT2D eigenvalue weighted by Gasteiger charge is -2.27. The number of benzene rings is 2. The smallest absolute Gasteiger partial charge is 0.272 e. The van der Waals surface area contributed by atoms with Gasteiger partial charge in [-0.15, -0.1) is 0 Å². The number of ether oxygens (including phenoxy) is 2. The van der Waals surface area contributed by atoms with Crippen molar-refractivity contribution in [2.45, 2.75) is 13.1 Å². The number of nitrogens with one attached hydrogen (secondary N) is 1. The SMILES string of the molecule is COc1cccc(CN2CCn3nc(C(=O)NCCOc4ccccc4)cc3C2=O)c1. The number of nitrogens with zero attached hydrogens (tertiary/aromatic N) is 3. The van der Waals surface area contributed by atoms with E-state index < -0.39 is 0 Å². The van der Waals surface area contributed by atoms with Gasteiger partial charge in [0.15, 0.2) is 5.69 Å². The van der Waals surface area contributed by atoms with Crippen LogP contribution >= 0.6 is 0 Å². The second-order valence-corrected chi connectivity index (χ2v) is 7.13. The molecule has 1 aliphatic rings. The third kappa shape index (κ3) is 4.85. The number of aromatic nitrogens is 2. The molecule has 160 valence electrons. The van der Waals surface area contributed by atoms with Crippen molar-refractivity contribution >= 4 is 11.8 Å². The van der Waals surface area contributed by atoms with E-state index in [2.05, 4.69) is 10.4 Å². The van der Waals surface area contributed by atoms with E-state index in [9.17, 15) is 9.59 Å². The Morgan fingerprint density at radius 1 is 1.06 bits per heavy atom. The van der Waals surface area contributed by atoms with Crippen LogP contribution in [0.1, 0.15) is 26.5 Å². The van der Waals surface area contributed by atoms with Gasteiger partial charge < -0.3 is 19.7 Å². The van der Waals surface area contributed by atoms with Crippen LogP contribution in [-0.2, 0) is 13.1 Å².